The molecule has 2 N–H and O–H groups in total. The van der Waals surface area contributed by atoms with E-state index in [1.54, 1.807) is 6.92 Å². The number of likely N-dealkylation sites (N-methyl/N-ethyl adjacent to an activating group) is 1. The highest BCUT2D eigenvalue weighted by Crippen LogP contribution is 2.14. The van der Waals surface area contributed by atoms with Crippen molar-refractivity contribution in [3.8, 4) is 0 Å². The standard InChI is InChI=1S/C17H26N2O3/c1-5-19(12-16(20)18-17(21)22-6-2)11-14-7-9-15(10-8-14)13(3)4/h7-10,13H,5-6,11-12H2,1-4H3,(H,18,20,21)/p+1. The van der Waals surface area contributed by atoms with Gasteiger partial charge in [-0.05, 0) is 25.3 Å². The molecular formula is C17H27N2O3+. The predicted octanol–water partition coefficient (Wildman–Crippen LogP) is 1.49. The highest BCUT2D eigenvalue weighted by molar-refractivity contribution is 5.92. The summed E-state index contributed by atoms with van der Waals surface area (Å²) in [5.74, 6) is 0.202. The molecule has 22 heavy (non-hydrogen) atoms. The van der Waals surface area contributed by atoms with Gasteiger partial charge < -0.3 is 9.64 Å². The van der Waals surface area contributed by atoms with Gasteiger partial charge in [-0.15, -0.1) is 0 Å². The van der Waals surface area contributed by atoms with Crippen LogP contribution in [0.25, 0.3) is 0 Å². The van der Waals surface area contributed by atoms with Crippen molar-refractivity contribution in [2.45, 2.75) is 40.2 Å². The SMILES string of the molecule is CCOC(=O)NC(=O)C[NH+](CC)Cc1ccc(C(C)C)cc1. The molecule has 1 rings (SSSR count). The quantitative estimate of drug-likeness (QED) is 0.802. The summed E-state index contributed by atoms with van der Waals surface area (Å²) >= 11 is 0. The number of hydrogen-bond acceptors (Lipinski definition) is 3. The number of alkyl carbamates (subject to hydrolysis) is 1. The summed E-state index contributed by atoms with van der Waals surface area (Å²) in [6, 6.07) is 8.47. The maximum Gasteiger partial charge on any atom is 0.414 e. The summed E-state index contributed by atoms with van der Waals surface area (Å²) in [7, 11) is 0. The van der Waals surface area contributed by atoms with Crippen LogP contribution in [0.4, 0.5) is 4.79 Å². The van der Waals surface area contributed by atoms with Gasteiger partial charge in [0.1, 0.15) is 6.54 Å². The molecule has 5 heteroatoms. The van der Waals surface area contributed by atoms with Crippen LogP contribution in [0.15, 0.2) is 24.3 Å². The summed E-state index contributed by atoms with van der Waals surface area (Å²) in [5, 5.41) is 2.23. The first kappa shape index (κ1) is 18.2. The van der Waals surface area contributed by atoms with Gasteiger partial charge in [0.2, 0.25) is 0 Å². The molecule has 0 aliphatic rings. The first-order valence-corrected chi connectivity index (χ1v) is 7.85. The Labute approximate surface area is 132 Å². The first-order valence-electron chi connectivity index (χ1n) is 7.85. The summed E-state index contributed by atoms with van der Waals surface area (Å²) in [6.45, 7) is 10.1. The topological polar surface area (TPSA) is 59.8 Å². The van der Waals surface area contributed by atoms with Crippen molar-refractivity contribution >= 4 is 12.0 Å². The number of hydrogen-bond donors (Lipinski definition) is 2. The fourth-order valence-electron chi connectivity index (χ4n) is 2.17. The van der Waals surface area contributed by atoms with Crippen LogP contribution in [0, 0.1) is 0 Å². The lowest BCUT2D eigenvalue weighted by Crippen LogP contribution is -3.11. The summed E-state index contributed by atoms with van der Waals surface area (Å²) in [5.41, 5.74) is 2.49. The monoisotopic (exact) mass is 307 g/mol. The third-order valence-corrected chi connectivity index (χ3v) is 3.53. The number of carbonyl (C=O) groups is 2. The number of quaternary nitrogens is 1. The van der Waals surface area contributed by atoms with Crippen LogP contribution in [0.2, 0.25) is 0 Å². The van der Waals surface area contributed by atoms with Crippen LogP contribution in [-0.2, 0) is 16.1 Å². The Balaban J connectivity index is 2.54. The molecule has 1 unspecified atom stereocenters. The molecule has 0 bridgehead atoms. The normalized spacial score (nSPS) is 12.0. The Hall–Kier alpha value is -1.88. The minimum absolute atomic E-state index is 0.251. The van der Waals surface area contributed by atoms with E-state index in [9.17, 15) is 9.59 Å². The fraction of sp³-hybridized carbons (Fsp3) is 0.529. The number of carbonyl (C=O) groups excluding carboxylic acids is 2. The van der Waals surface area contributed by atoms with E-state index in [1.807, 2.05) is 6.92 Å². The molecule has 0 saturated carbocycles. The minimum Gasteiger partial charge on any atom is -0.450 e. The molecule has 0 saturated heterocycles. The molecule has 0 radical (unpaired) electrons. The maximum absolute atomic E-state index is 11.8. The van der Waals surface area contributed by atoms with Crippen molar-refractivity contribution in [3.63, 3.8) is 0 Å². The number of imide groups is 1. The molecule has 0 fully saturated rings. The van der Waals surface area contributed by atoms with Crippen LogP contribution >= 0.6 is 0 Å². The van der Waals surface area contributed by atoms with Gasteiger partial charge in [0, 0.05) is 5.56 Å². The molecule has 2 amide bonds. The van der Waals surface area contributed by atoms with Crippen LogP contribution in [0.1, 0.15) is 44.7 Å². The Morgan fingerprint density at radius 1 is 1.18 bits per heavy atom. The van der Waals surface area contributed by atoms with E-state index in [-0.39, 0.29) is 19.1 Å². The average molecular weight is 307 g/mol. The third-order valence-electron chi connectivity index (χ3n) is 3.53. The molecule has 0 spiro atoms. The van der Waals surface area contributed by atoms with Crippen LogP contribution in [0.5, 0.6) is 0 Å². The summed E-state index contributed by atoms with van der Waals surface area (Å²) in [4.78, 5) is 24.1. The van der Waals surface area contributed by atoms with E-state index in [0.29, 0.717) is 5.92 Å². The van der Waals surface area contributed by atoms with Crippen molar-refractivity contribution < 1.29 is 19.2 Å². The molecule has 1 aromatic rings. The Bertz CT molecular complexity index is 483. The van der Waals surface area contributed by atoms with E-state index in [1.165, 1.54) is 11.1 Å². The molecule has 1 aromatic carbocycles. The number of rotatable bonds is 7. The van der Waals surface area contributed by atoms with Gasteiger partial charge in [0.15, 0.2) is 6.54 Å². The third kappa shape index (κ3) is 6.26. The minimum atomic E-state index is -0.677. The Kier molecular flexibility index (Phi) is 7.60. The summed E-state index contributed by atoms with van der Waals surface area (Å²) in [6.07, 6.45) is -0.677. The van der Waals surface area contributed by atoms with E-state index in [0.717, 1.165) is 18.0 Å². The number of amides is 2. The molecule has 0 heterocycles. The maximum atomic E-state index is 11.8. The molecule has 5 nitrogen and oxygen atoms in total. The molecule has 0 aliphatic carbocycles. The smallest absolute Gasteiger partial charge is 0.414 e. The molecule has 122 valence electrons. The molecule has 1 atom stereocenters. The highest BCUT2D eigenvalue weighted by atomic mass is 16.5. The second-order valence-corrected chi connectivity index (χ2v) is 5.62. The van der Waals surface area contributed by atoms with Gasteiger partial charge >= 0.3 is 6.09 Å². The predicted molar refractivity (Wildman–Crippen MR) is 85.8 cm³/mol. The Morgan fingerprint density at radius 2 is 1.82 bits per heavy atom. The molecular weight excluding hydrogens is 280 g/mol. The number of benzene rings is 1. The van der Waals surface area contributed by atoms with Crippen LogP contribution in [0.3, 0.4) is 0 Å². The van der Waals surface area contributed by atoms with E-state index in [4.69, 9.17) is 4.74 Å². The lowest BCUT2D eigenvalue weighted by Gasteiger charge is -2.17. The zero-order valence-electron chi connectivity index (χ0n) is 13.9. The van der Waals surface area contributed by atoms with Gasteiger partial charge in [0.25, 0.3) is 5.91 Å². The largest absolute Gasteiger partial charge is 0.450 e. The lowest BCUT2D eigenvalue weighted by atomic mass is 10.0. The van der Waals surface area contributed by atoms with E-state index in [2.05, 4.69) is 43.4 Å². The van der Waals surface area contributed by atoms with Gasteiger partial charge in [-0.2, -0.15) is 0 Å². The van der Waals surface area contributed by atoms with Crippen molar-refractivity contribution in [3.05, 3.63) is 35.4 Å². The van der Waals surface area contributed by atoms with Gasteiger partial charge in [-0.1, -0.05) is 38.1 Å². The van der Waals surface area contributed by atoms with Gasteiger partial charge in [-0.25, -0.2) is 4.79 Å². The Morgan fingerprint density at radius 3 is 2.32 bits per heavy atom. The lowest BCUT2D eigenvalue weighted by molar-refractivity contribution is -0.904. The van der Waals surface area contributed by atoms with Gasteiger partial charge in [-0.3, -0.25) is 10.1 Å². The van der Waals surface area contributed by atoms with Crippen molar-refractivity contribution in [2.75, 3.05) is 19.7 Å². The second kappa shape index (κ2) is 9.20. The van der Waals surface area contributed by atoms with Crippen molar-refractivity contribution in [1.82, 2.24) is 5.32 Å². The van der Waals surface area contributed by atoms with Crippen LogP contribution in [-0.4, -0.2) is 31.7 Å². The molecule has 0 aromatic heterocycles. The van der Waals surface area contributed by atoms with Crippen molar-refractivity contribution in [1.29, 1.82) is 0 Å². The number of ether oxygens (including phenoxy) is 1. The number of nitrogens with one attached hydrogen (secondary N) is 2. The van der Waals surface area contributed by atoms with E-state index < -0.39 is 6.09 Å². The molecule has 0 aliphatic heterocycles. The summed E-state index contributed by atoms with van der Waals surface area (Å²) < 4.78 is 4.70. The average Bonchev–Trinajstić information content (AvgIpc) is 2.47. The fourth-order valence-corrected chi connectivity index (χ4v) is 2.17. The van der Waals surface area contributed by atoms with E-state index >= 15 is 0 Å². The first-order chi connectivity index (χ1) is 10.5. The van der Waals surface area contributed by atoms with Crippen molar-refractivity contribution in [2.24, 2.45) is 0 Å². The van der Waals surface area contributed by atoms with Crippen LogP contribution < -0.4 is 10.2 Å². The second-order valence-electron chi connectivity index (χ2n) is 5.62. The zero-order chi connectivity index (χ0) is 16.5. The van der Waals surface area contributed by atoms with Gasteiger partial charge in [0.05, 0.1) is 13.2 Å². The zero-order valence-corrected chi connectivity index (χ0v) is 13.9. The highest BCUT2D eigenvalue weighted by Gasteiger charge is 2.16.